The predicted molar refractivity (Wildman–Crippen MR) is 59.7 cm³/mol. The molecule has 0 saturated carbocycles. The lowest BCUT2D eigenvalue weighted by molar-refractivity contribution is -0.385. The summed E-state index contributed by atoms with van der Waals surface area (Å²) in [5.74, 6) is -1.15. The number of hydrogen-bond acceptors (Lipinski definition) is 6. The fraction of sp³-hybridized carbons (Fsp3) is 0. The van der Waals surface area contributed by atoms with Gasteiger partial charge in [0.1, 0.15) is 17.8 Å². The topological polar surface area (TPSA) is 135 Å². The van der Waals surface area contributed by atoms with Crippen molar-refractivity contribution < 1.29 is 14.8 Å². The standard InChI is InChI=1S/C10H5N5O4/c11-2-6-1-8(15(18)19)4-12-9(6)14-5-7(3-13-14)10(16)17/h1,3-5H,(H,16,17). The van der Waals surface area contributed by atoms with E-state index in [4.69, 9.17) is 10.4 Å². The molecule has 0 aliphatic rings. The molecule has 0 aliphatic carbocycles. The summed E-state index contributed by atoms with van der Waals surface area (Å²) in [6, 6.07) is 2.80. The predicted octanol–water partition coefficient (Wildman–Crippen LogP) is 0.745. The summed E-state index contributed by atoms with van der Waals surface area (Å²) < 4.78 is 1.08. The van der Waals surface area contributed by atoms with Gasteiger partial charge in [0, 0.05) is 12.3 Å². The van der Waals surface area contributed by atoms with E-state index < -0.39 is 10.9 Å². The van der Waals surface area contributed by atoms with Gasteiger partial charge in [-0.25, -0.2) is 14.5 Å². The van der Waals surface area contributed by atoms with Crippen LogP contribution in [-0.2, 0) is 0 Å². The summed E-state index contributed by atoms with van der Waals surface area (Å²) in [5.41, 5.74) is -0.482. The first-order valence-corrected chi connectivity index (χ1v) is 4.86. The zero-order chi connectivity index (χ0) is 14.0. The number of hydrogen-bond donors (Lipinski definition) is 1. The Bertz CT molecular complexity index is 715. The van der Waals surface area contributed by atoms with Gasteiger partial charge >= 0.3 is 5.97 Å². The average molecular weight is 259 g/mol. The van der Waals surface area contributed by atoms with Crippen molar-refractivity contribution in [1.29, 1.82) is 5.26 Å². The van der Waals surface area contributed by atoms with Crippen molar-refractivity contribution in [3.63, 3.8) is 0 Å². The van der Waals surface area contributed by atoms with Crippen LogP contribution in [0.25, 0.3) is 5.82 Å². The van der Waals surface area contributed by atoms with Crippen LogP contribution in [-0.4, -0.2) is 30.8 Å². The summed E-state index contributed by atoms with van der Waals surface area (Å²) in [4.78, 5) is 24.4. The van der Waals surface area contributed by atoms with Crippen LogP contribution in [0.3, 0.4) is 0 Å². The zero-order valence-corrected chi connectivity index (χ0v) is 9.22. The number of rotatable bonds is 3. The van der Waals surface area contributed by atoms with E-state index in [1.807, 2.05) is 0 Å². The fourth-order valence-electron chi connectivity index (χ4n) is 1.36. The molecule has 9 heteroatoms. The Morgan fingerprint density at radius 1 is 1.53 bits per heavy atom. The third-order valence-corrected chi connectivity index (χ3v) is 2.23. The van der Waals surface area contributed by atoms with Gasteiger partial charge in [-0.3, -0.25) is 10.1 Å². The number of aromatic nitrogens is 3. The minimum Gasteiger partial charge on any atom is -0.478 e. The Hall–Kier alpha value is -3.28. The molecule has 0 bridgehead atoms. The van der Waals surface area contributed by atoms with Crippen LogP contribution >= 0.6 is 0 Å². The Labute approximate surface area is 105 Å². The van der Waals surface area contributed by atoms with E-state index in [2.05, 4.69) is 10.1 Å². The molecule has 2 heterocycles. The molecular formula is C10H5N5O4. The lowest BCUT2D eigenvalue weighted by atomic mass is 10.2. The highest BCUT2D eigenvalue weighted by atomic mass is 16.6. The summed E-state index contributed by atoms with van der Waals surface area (Å²) in [7, 11) is 0. The fourth-order valence-corrected chi connectivity index (χ4v) is 1.36. The number of aromatic carboxylic acids is 1. The molecule has 94 valence electrons. The number of carboxylic acid groups (broad SMARTS) is 1. The number of carboxylic acids is 1. The maximum absolute atomic E-state index is 10.7. The molecule has 0 radical (unpaired) electrons. The maximum Gasteiger partial charge on any atom is 0.338 e. The molecule has 1 N–H and O–H groups in total. The lowest BCUT2D eigenvalue weighted by Gasteiger charge is -2.01. The van der Waals surface area contributed by atoms with E-state index in [0.29, 0.717) is 0 Å². The van der Waals surface area contributed by atoms with Gasteiger partial charge < -0.3 is 5.11 Å². The SMILES string of the molecule is N#Cc1cc([N+](=O)[O-])cnc1-n1cc(C(=O)O)cn1. The molecule has 19 heavy (non-hydrogen) atoms. The third kappa shape index (κ3) is 2.22. The molecule has 9 nitrogen and oxygen atoms in total. The Morgan fingerprint density at radius 2 is 2.26 bits per heavy atom. The summed E-state index contributed by atoms with van der Waals surface area (Å²) in [5, 5.41) is 32.0. The molecule has 0 atom stereocenters. The van der Waals surface area contributed by atoms with Crippen molar-refractivity contribution in [2.24, 2.45) is 0 Å². The molecular weight excluding hydrogens is 254 g/mol. The molecule has 2 aromatic rings. The van der Waals surface area contributed by atoms with Crippen molar-refractivity contribution in [3.8, 4) is 11.9 Å². The van der Waals surface area contributed by atoms with Gasteiger partial charge in [0.15, 0.2) is 5.82 Å². The first kappa shape index (κ1) is 12.2. The van der Waals surface area contributed by atoms with Gasteiger partial charge in [-0.05, 0) is 0 Å². The second-order valence-electron chi connectivity index (χ2n) is 3.41. The number of nitrogens with zero attached hydrogens (tertiary/aromatic N) is 5. The summed E-state index contributed by atoms with van der Waals surface area (Å²) in [6.45, 7) is 0. The van der Waals surface area contributed by atoms with Gasteiger partial charge in [-0.2, -0.15) is 10.4 Å². The van der Waals surface area contributed by atoms with E-state index in [1.54, 1.807) is 6.07 Å². The Balaban J connectivity index is 2.53. The largest absolute Gasteiger partial charge is 0.478 e. The Kier molecular flexibility index (Phi) is 2.91. The van der Waals surface area contributed by atoms with Crippen molar-refractivity contribution in [2.45, 2.75) is 0 Å². The molecule has 0 amide bonds. The average Bonchev–Trinajstić information content (AvgIpc) is 2.87. The van der Waals surface area contributed by atoms with E-state index in [-0.39, 0.29) is 22.6 Å². The highest BCUT2D eigenvalue weighted by molar-refractivity contribution is 5.87. The van der Waals surface area contributed by atoms with Crippen LogP contribution in [0.1, 0.15) is 15.9 Å². The number of nitro groups is 1. The van der Waals surface area contributed by atoms with Crippen LogP contribution in [0.5, 0.6) is 0 Å². The maximum atomic E-state index is 10.7. The second kappa shape index (κ2) is 4.53. The van der Waals surface area contributed by atoms with Crippen LogP contribution in [0, 0.1) is 21.4 Å². The Morgan fingerprint density at radius 3 is 2.79 bits per heavy atom. The van der Waals surface area contributed by atoms with Gasteiger partial charge in [0.25, 0.3) is 5.69 Å². The van der Waals surface area contributed by atoms with Gasteiger partial charge in [0.2, 0.25) is 0 Å². The quantitative estimate of drug-likeness (QED) is 0.634. The van der Waals surface area contributed by atoms with Gasteiger partial charge in [-0.1, -0.05) is 0 Å². The molecule has 0 saturated heterocycles. The van der Waals surface area contributed by atoms with E-state index in [1.165, 1.54) is 0 Å². The zero-order valence-electron chi connectivity index (χ0n) is 9.22. The van der Waals surface area contributed by atoms with Crippen LogP contribution < -0.4 is 0 Å². The van der Waals surface area contributed by atoms with Crippen molar-refractivity contribution in [1.82, 2.24) is 14.8 Å². The molecule has 0 aromatic carbocycles. The smallest absolute Gasteiger partial charge is 0.338 e. The molecule has 0 aliphatic heterocycles. The monoisotopic (exact) mass is 259 g/mol. The summed E-state index contributed by atoms with van der Waals surface area (Å²) in [6.07, 6.45) is 3.22. The minimum absolute atomic E-state index is 0.0283. The van der Waals surface area contributed by atoms with Crippen LogP contribution in [0.15, 0.2) is 24.7 Å². The highest BCUT2D eigenvalue weighted by Crippen LogP contribution is 2.17. The lowest BCUT2D eigenvalue weighted by Crippen LogP contribution is -2.03. The van der Waals surface area contributed by atoms with Crippen molar-refractivity contribution in [2.75, 3.05) is 0 Å². The van der Waals surface area contributed by atoms with Crippen LogP contribution in [0.2, 0.25) is 0 Å². The number of nitriles is 1. The van der Waals surface area contributed by atoms with Crippen molar-refractivity contribution in [3.05, 3.63) is 45.9 Å². The third-order valence-electron chi connectivity index (χ3n) is 2.23. The number of carbonyl (C=O) groups is 1. The second-order valence-corrected chi connectivity index (χ2v) is 3.41. The molecule has 0 unspecified atom stereocenters. The van der Waals surface area contributed by atoms with E-state index >= 15 is 0 Å². The molecule has 2 aromatic heterocycles. The minimum atomic E-state index is -1.17. The van der Waals surface area contributed by atoms with E-state index in [0.717, 1.165) is 29.3 Å². The van der Waals surface area contributed by atoms with Crippen LogP contribution in [0.4, 0.5) is 5.69 Å². The van der Waals surface area contributed by atoms with Gasteiger partial charge in [0.05, 0.1) is 16.7 Å². The van der Waals surface area contributed by atoms with E-state index in [9.17, 15) is 14.9 Å². The molecule has 2 rings (SSSR count). The summed E-state index contributed by atoms with van der Waals surface area (Å²) >= 11 is 0. The molecule has 0 spiro atoms. The van der Waals surface area contributed by atoms with Crippen molar-refractivity contribution >= 4 is 11.7 Å². The first-order chi connectivity index (χ1) is 9.02. The highest BCUT2D eigenvalue weighted by Gasteiger charge is 2.15. The number of pyridine rings is 1. The van der Waals surface area contributed by atoms with Gasteiger partial charge in [-0.15, -0.1) is 0 Å². The normalized spacial score (nSPS) is 9.84. The first-order valence-electron chi connectivity index (χ1n) is 4.86. The molecule has 0 fully saturated rings.